The Kier molecular flexibility index (Phi) is 4.09. The fourth-order valence-electron chi connectivity index (χ4n) is 3.13. The number of anilines is 1. The van der Waals surface area contributed by atoms with Gasteiger partial charge in [0.25, 0.3) is 5.91 Å². The molecule has 22 heavy (non-hydrogen) atoms. The summed E-state index contributed by atoms with van der Waals surface area (Å²) < 4.78 is 0. The first-order valence-electron chi connectivity index (χ1n) is 7.71. The Hall–Kier alpha value is -2.36. The highest BCUT2D eigenvalue weighted by atomic mass is 16.2. The first-order valence-corrected chi connectivity index (χ1v) is 7.71. The van der Waals surface area contributed by atoms with Crippen LogP contribution in [0, 0.1) is 6.92 Å². The molecule has 1 fully saturated rings. The molecule has 3 rings (SSSR count). The molecule has 0 spiro atoms. The quantitative estimate of drug-likeness (QED) is 0.944. The molecule has 0 bridgehead atoms. The van der Waals surface area contributed by atoms with E-state index in [1.54, 1.807) is 0 Å². The van der Waals surface area contributed by atoms with Gasteiger partial charge in [0.05, 0.1) is 6.04 Å². The standard InChI is InChI=1S/C18H21N3O/c1-13-11-17(19-2)20-12-15(13)16-9-6-10-21(16)18(22)14-7-4-3-5-8-14/h3-5,7-8,11-12,16H,6,9-10H2,1-2H3,(H,19,20). The molecule has 4 heteroatoms. The van der Waals surface area contributed by atoms with Crippen LogP contribution in [0.5, 0.6) is 0 Å². The summed E-state index contributed by atoms with van der Waals surface area (Å²) in [4.78, 5) is 19.2. The van der Waals surface area contributed by atoms with Gasteiger partial charge in [-0.05, 0) is 49.1 Å². The first kappa shape index (κ1) is 14.6. The minimum Gasteiger partial charge on any atom is -0.373 e. The lowest BCUT2D eigenvalue weighted by atomic mass is 10.0. The molecule has 1 atom stereocenters. The second kappa shape index (κ2) is 6.18. The van der Waals surface area contributed by atoms with E-state index in [2.05, 4.69) is 17.2 Å². The van der Waals surface area contributed by atoms with E-state index in [9.17, 15) is 4.79 Å². The number of aryl methyl sites for hydroxylation is 1. The highest BCUT2D eigenvalue weighted by molar-refractivity contribution is 5.94. The number of carbonyl (C=O) groups is 1. The van der Waals surface area contributed by atoms with Crippen molar-refractivity contribution in [3.8, 4) is 0 Å². The van der Waals surface area contributed by atoms with Gasteiger partial charge in [-0.3, -0.25) is 4.79 Å². The van der Waals surface area contributed by atoms with Crippen molar-refractivity contribution in [2.45, 2.75) is 25.8 Å². The number of nitrogens with one attached hydrogen (secondary N) is 1. The predicted molar refractivity (Wildman–Crippen MR) is 88.0 cm³/mol. The summed E-state index contributed by atoms with van der Waals surface area (Å²) in [5, 5.41) is 3.05. The van der Waals surface area contributed by atoms with Crippen LogP contribution in [-0.2, 0) is 0 Å². The van der Waals surface area contributed by atoms with Crippen molar-refractivity contribution in [1.29, 1.82) is 0 Å². The van der Waals surface area contributed by atoms with Crippen LogP contribution < -0.4 is 5.32 Å². The van der Waals surface area contributed by atoms with E-state index in [0.717, 1.165) is 36.3 Å². The van der Waals surface area contributed by atoms with Gasteiger partial charge in [-0.2, -0.15) is 0 Å². The van der Waals surface area contributed by atoms with Gasteiger partial charge in [0.2, 0.25) is 0 Å². The van der Waals surface area contributed by atoms with E-state index < -0.39 is 0 Å². The molecule has 1 amide bonds. The van der Waals surface area contributed by atoms with Crippen LogP contribution in [0.15, 0.2) is 42.6 Å². The van der Waals surface area contributed by atoms with Crippen molar-refractivity contribution in [3.63, 3.8) is 0 Å². The summed E-state index contributed by atoms with van der Waals surface area (Å²) in [5.74, 6) is 0.973. The summed E-state index contributed by atoms with van der Waals surface area (Å²) in [6.45, 7) is 2.90. The van der Waals surface area contributed by atoms with Crippen LogP contribution in [-0.4, -0.2) is 29.4 Å². The molecule has 1 unspecified atom stereocenters. The zero-order chi connectivity index (χ0) is 15.5. The summed E-state index contributed by atoms with van der Waals surface area (Å²) in [6.07, 6.45) is 3.94. The van der Waals surface area contributed by atoms with Crippen LogP contribution in [0.2, 0.25) is 0 Å². The zero-order valence-corrected chi connectivity index (χ0v) is 13.0. The van der Waals surface area contributed by atoms with Gasteiger partial charge in [0, 0.05) is 25.4 Å². The fourth-order valence-corrected chi connectivity index (χ4v) is 3.13. The highest BCUT2D eigenvalue weighted by Crippen LogP contribution is 2.34. The third-order valence-corrected chi connectivity index (χ3v) is 4.30. The molecule has 1 N–H and O–H groups in total. The summed E-state index contributed by atoms with van der Waals surface area (Å²) >= 11 is 0. The van der Waals surface area contributed by atoms with Gasteiger partial charge in [-0.1, -0.05) is 18.2 Å². The van der Waals surface area contributed by atoms with Crippen molar-refractivity contribution >= 4 is 11.7 Å². The third kappa shape index (κ3) is 2.69. The number of hydrogen-bond donors (Lipinski definition) is 1. The maximum Gasteiger partial charge on any atom is 0.254 e. The molecule has 0 aliphatic carbocycles. The second-order valence-corrected chi connectivity index (χ2v) is 5.70. The summed E-state index contributed by atoms with van der Waals surface area (Å²) in [6, 6.07) is 11.7. The lowest BCUT2D eigenvalue weighted by molar-refractivity contribution is 0.0735. The average Bonchev–Trinajstić information content (AvgIpc) is 3.04. The van der Waals surface area contributed by atoms with Gasteiger partial charge in [-0.15, -0.1) is 0 Å². The lowest BCUT2D eigenvalue weighted by Gasteiger charge is -2.26. The van der Waals surface area contributed by atoms with Crippen molar-refractivity contribution in [1.82, 2.24) is 9.88 Å². The maximum atomic E-state index is 12.8. The van der Waals surface area contributed by atoms with E-state index in [1.165, 1.54) is 5.56 Å². The minimum atomic E-state index is 0.111. The molecule has 1 aromatic heterocycles. The number of pyridine rings is 1. The Morgan fingerprint density at radius 3 is 2.77 bits per heavy atom. The molecule has 1 saturated heterocycles. The van der Waals surface area contributed by atoms with E-state index in [1.807, 2.05) is 54.5 Å². The first-order chi connectivity index (χ1) is 10.7. The van der Waals surface area contributed by atoms with Gasteiger partial charge in [0.1, 0.15) is 5.82 Å². The molecular formula is C18H21N3O. The van der Waals surface area contributed by atoms with Crippen molar-refractivity contribution < 1.29 is 4.79 Å². The number of rotatable bonds is 3. The van der Waals surface area contributed by atoms with E-state index in [4.69, 9.17) is 0 Å². The molecule has 1 aliphatic rings. The van der Waals surface area contributed by atoms with Gasteiger partial charge in [-0.25, -0.2) is 4.98 Å². The van der Waals surface area contributed by atoms with Crippen LogP contribution in [0.3, 0.4) is 0 Å². The van der Waals surface area contributed by atoms with Crippen LogP contribution in [0.1, 0.15) is 40.4 Å². The predicted octanol–water partition coefficient (Wildman–Crippen LogP) is 3.41. The topological polar surface area (TPSA) is 45.2 Å². The van der Waals surface area contributed by atoms with Gasteiger partial charge in [0.15, 0.2) is 0 Å². The Labute approximate surface area is 131 Å². The smallest absolute Gasteiger partial charge is 0.254 e. The van der Waals surface area contributed by atoms with E-state index in [0.29, 0.717) is 0 Å². The largest absolute Gasteiger partial charge is 0.373 e. The SMILES string of the molecule is CNc1cc(C)c(C2CCCN2C(=O)c2ccccc2)cn1. The van der Waals surface area contributed by atoms with Crippen molar-refractivity contribution in [2.24, 2.45) is 0 Å². The third-order valence-electron chi connectivity index (χ3n) is 4.30. The van der Waals surface area contributed by atoms with Crippen molar-refractivity contribution in [3.05, 3.63) is 59.3 Å². The molecule has 4 nitrogen and oxygen atoms in total. The monoisotopic (exact) mass is 295 g/mol. The molecule has 1 aromatic carbocycles. The maximum absolute atomic E-state index is 12.8. The Morgan fingerprint density at radius 2 is 2.09 bits per heavy atom. The van der Waals surface area contributed by atoms with E-state index in [-0.39, 0.29) is 11.9 Å². The number of hydrogen-bond acceptors (Lipinski definition) is 3. The van der Waals surface area contributed by atoms with Crippen LogP contribution in [0.4, 0.5) is 5.82 Å². The normalized spacial score (nSPS) is 17.5. The van der Waals surface area contributed by atoms with Crippen LogP contribution >= 0.6 is 0 Å². The number of aromatic nitrogens is 1. The molecule has 0 saturated carbocycles. The molecular weight excluding hydrogens is 274 g/mol. The number of benzene rings is 1. The van der Waals surface area contributed by atoms with E-state index >= 15 is 0 Å². The number of carbonyl (C=O) groups excluding carboxylic acids is 1. The zero-order valence-electron chi connectivity index (χ0n) is 13.0. The Morgan fingerprint density at radius 1 is 1.32 bits per heavy atom. The average molecular weight is 295 g/mol. The summed E-state index contributed by atoms with van der Waals surface area (Å²) in [5.41, 5.74) is 3.09. The molecule has 114 valence electrons. The second-order valence-electron chi connectivity index (χ2n) is 5.70. The fraction of sp³-hybridized carbons (Fsp3) is 0.333. The number of nitrogens with zero attached hydrogens (tertiary/aromatic N) is 2. The molecule has 1 aliphatic heterocycles. The van der Waals surface area contributed by atoms with Gasteiger partial charge >= 0.3 is 0 Å². The number of likely N-dealkylation sites (tertiary alicyclic amines) is 1. The minimum absolute atomic E-state index is 0.111. The van der Waals surface area contributed by atoms with Crippen LogP contribution in [0.25, 0.3) is 0 Å². The molecule has 2 aromatic rings. The Bertz CT molecular complexity index is 669. The number of amides is 1. The summed E-state index contributed by atoms with van der Waals surface area (Å²) in [7, 11) is 1.86. The Balaban J connectivity index is 1.89. The highest BCUT2D eigenvalue weighted by Gasteiger charge is 2.31. The lowest BCUT2D eigenvalue weighted by Crippen LogP contribution is -2.31. The molecule has 0 radical (unpaired) electrons. The van der Waals surface area contributed by atoms with Crippen molar-refractivity contribution in [2.75, 3.05) is 18.9 Å². The van der Waals surface area contributed by atoms with Gasteiger partial charge < -0.3 is 10.2 Å². The molecule has 2 heterocycles.